The van der Waals surface area contributed by atoms with Crippen LogP contribution in [0, 0.1) is 6.92 Å². The Kier molecular flexibility index (Phi) is 6.12. The van der Waals surface area contributed by atoms with Crippen molar-refractivity contribution in [3.63, 3.8) is 0 Å². The third-order valence-corrected chi connectivity index (χ3v) is 4.77. The zero-order valence-corrected chi connectivity index (χ0v) is 14.9. The molecule has 0 atom stereocenters. The van der Waals surface area contributed by atoms with Gasteiger partial charge >= 0.3 is 0 Å². The molecule has 5 nitrogen and oxygen atoms in total. The van der Waals surface area contributed by atoms with Crippen LogP contribution < -0.4 is 4.74 Å². The van der Waals surface area contributed by atoms with E-state index in [1.807, 2.05) is 37.5 Å². The molecule has 0 bridgehead atoms. The summed E-state index contributed by atoms with van der Waals surface area (Å²) in [6.07, 6.45) is 4.95. The first-order chi connectivity index (χ1) is 11.7. The molecule has 1 aliphatic heterocycles. The number of aromatic amines is 1. The summed E-state index contributed by atoms with van der Waals surface area (Å²) in [4.78, 5) is 4.99. The Hall–Kier alpha value is -1.56. The Morgan fingerprint density at radius 3 is 2.58 bits per heavy atom. The van der Waals surface area contributed by atoms with Gasteiger partial charge in [-0.15, -0.1) is 0 Å². The fourth-order valence-corrected chi connectivity index (χ4v) is 3.22. The monoisotopic (exact) mass is 348 g/mol. The van der Waals surface area contributed by atoms with Crippen LogP contribution in [0.1, 0.15) is 11.1 Å². The molecule has 0 aliphatic carbocycles. The molecule has 1 aromatic carbocycles. The highest BCUT2D eigenvalue weighted by Gasteiger charge is 2.16. The number of nitrogens with one attached hydrogen (secondary N) is 1. The van der Waals surface area contributed by atoms with Crippen molar-refractivity contribution in [1.82, 2.24) is 20.0 Å². The quantitative estimate of drug-likeness (QED) is 0.835. The predicted molar refractivity (Wildman–Crippen MR) is 96.9 cm³/mol. The van der Waals surface area contributed by atoms with Crippen LogP contribution >= 0.6 is 11.6 Å². The number of hydrogen-bond donors (Lipinski definition) is 1. The molecule has 1 N–H and O–H groups in total. The normalized spacial score (nSPS) is 16.4. The molecule has 3 rings (SSSR count). The van der Waals surface area contributed by atoms with Crippen molar-refractivity contribution >= 4 is 11.6 Å². The Morgan fingerprint density at radius 1 is 1.17 bits per heavy atom. The first-order valence-corrected chi connectivity index (χ1v) is 8.90. The number of piperazine rings is 1. The lowest BCUT2D eigenvalue weighted by Gasteiger charge is -2.34. The van der Waals surface area contributed by atoms with Gasteiger partial charge in [0.15, 0.2) is 0 Å². The number of aryl methyl sites for hydroxylation is 1. The van der Waals surface area contributed by atoms with E-state index in [2.05, 4.69) is 20.0 Å². The zero-order valence-electron chi connectivity index (χ0n) is 14.2. The highest BCUT2D eigenvalue weighted by atomic mass is 35.5. The van der Waals surface area contributed by atoms with Crippen LogP contribution in [0.5, 0.6) is 5.75 Å². The van der Waals surface area contributed by atoms with Gasteiger partial charge in [0.05, 0.1) is 6.20 Å². The molecule has 6 heteroatoms. The van der Waals surface area contributed by atoms with E-state index in [0.717, 1.165) is 68.6 Å². The molecule has 0 amide bonds. The Morgan fingerprint density at radius 2 is 1.92 bits per heavy atom. The number of hydrogen-bond acceptors (Lipinski definition) is 4. The molecule has 1 fully saturated rings. The van der Waals surface area contributed by atoms with Gasteiger partial charge in [-0.2, -0.15) is 5.10 Å². The highest BCUT2D eigenvalue weighted by molar-refractivity contribution is 6.30. The van der Waals surface area contributed by atoms with Crippen molar-refractivity contribution < 1.29 is 4.74 Å². The van der Waals surface area contributed by atoms with Crippen LogP contribution in [-0.4, -0.2) is 65.9 Å². The van der Waals surface area contributed by atoms with E-state index in [4.69, 9.17) is 16.3 Å². The van der Waals surface area contributed by atoms with Gasteiger partial charge in [-0.3, -0.25) is 10.00 Å². The maximum atomic E-state index is 5.97. The minimum absolute atomic E-state index is 0.720. The van der Waals surface area contributed by atoms with Gasteiger partial charge in [-0.1, -0.05) is 11.6 Å². The molecule has 1 aliphatic rings. The summed E-state index contributed by atoms with van der Waals surface area (Å²) >= 11 is 5.97. The van der Waals surface area contributed by atoms with E-state index >= 15 is 0 Å². The molecule has 0 radical (unpaired) electrons. The molecule has 0 spiro atoms. The third-order valence-electron chi connectivity index (χ3n) is 4.54. The molecule has 0 saturated carbocycles. The summed E-state index contributed by atoms with van der Waals surface area (Å²) in [6.45, 7) is 9.28. The van der Waals surface area contributed by atoms with E-state index < -0.39 is 0 Å². The van der Waals surface area contributed by atoms with Crippen molar-refractivity contribution in [2.24, 2.45) is 0 Å². The van der Waals surface area contributed by atoms with E-state index in [0.29, 0.717) is 0 Å². The fraction of sp³-hybridized carbons (Fsp3) is 0.500. The van der Waals surface area contributed by atoms with Crippen LogP contribution in [-0.2, 0) is 6.42 Å². The smallest absolute Gasteiger partial charge is 0.122 e. The maximum Gasteiger partial charge on any atom is 0.122 e. The predicted octanol–water partition coefficient (Wildman–Crippen LogP) is 2.61. The molecule has 24 heavy (non-hydrogen) atoms. The summed E-state index contributed by atoms with van der Waals surface area (Å²) in [7, 11) is 0. The van der Waals surface area contributed by atoms with Crippen molar-refractivity contribution in [2.75, 3.05) is 45.9 Å². The lowest BCUT2D eigenvalue weighted by Crippen LogP contribution is -2.47. The van der Waals surface area contributed by atoms with Gasteiger partial charge in [0.1, 0.15) is 12.4 Å². The second-order valence-electron chi connectivity index (χ2n) is 6.30. The average Bonchev–Trinajstić information content (AvgIpc) is 3.10. The number of ether oxygens (including phenoxy) is 1. The van der Waals surface area contributed by atoms with E-state index in [9.17, 15) is 0 Å². The number of rotatable bonds is 7. The van der Waals surface area contributed by atoms with Crippen LogP contribution in [0.25, 0.3) is 0 Å². The number of aromatic nitrogens is 2. The van der Waals surface area contributed by atoms with Gasteiger partial charge in [-0.25, -0.2) is 0 Å². The van der Waals surface area contributed by atoms with Gasteiger partial charge in [-0.05, 0) is 42.7 Å². The molecule has 2 heterocycles. The first-order valence-electron chi connectivity index (χ1n) is 8.52. The van der Waals surface area contributed by atoms with E-state index in [-0.39, 0.29) is 0 Å². The fourth-order valence-electron chi connectivity index (χ4n) is 3.00. The Balaban J connectivity index is 1.33. The second-order valence-corrected chi connectivity index (χ2v) is 6.73. The van der Waals surface area contributed by atoms with Crippen LogP contribution in [0.4, 0.5) is 0 Å². The largest absolute Gasteiger partial charge is 0.492 e. The molecule has 0 unspecified atom stereocenters. The minimum atomic E-state index is 0.720. The Labute approximate surface area is 148 Å². The van der Waals surface area contributed by atoms with Crippen molar-refractivity contribution in [3.05, 3.63) is 46.7 Å². The lowest BCUT2D eigenvalue weighted by molar-refractivity contribution is 0.117. The molecule has 130 valence electrons. The third kappa shape index (κ3) is 4.97. The van der Waals surface area contributed by atoms with E-state index in [1.165, 1.54) is 5.56 Å². The van der Waals surface area contributed by atoms with Crippen LogP contribution in [0.3, 0.4) is 0 Å². The summed E-state index contributed by atoms with van der Waals surface area (Å²) in [5.41, 5.74) is 2.37. The maximum absolute atomic E-state index is 5.97. The zero-order chi connectivity index (χ0) is 16.8. The minimum Gasteiger partial charge on any atom is -0.492 e. The molecular weight excluding hydrogens is 324 g/mol. The topological polar surface area (TPSA) is 44.4 Å². The molecule has 1 aromatic heterocycles. The molecule has 2 aromatic rings. The van der Waals surface area contributed by atoms with Gasteiger partial charge in [0.25, 0.3) is 0 Å². The number of halogens is 1. The summed E-state index contributed by atoms with van der Waals surface area (Å²) in [5, 5.41) is 7.62. The van der Waals surface area contributed by atoms with Crippen molar-refractivity contribution in [2.45, 2.75) is 13.3 Å². The Bertz CT molecular complexity index is 624. The summed E-state index contributed by atoms with van der Waals surface area (Å²) < 4.78 is 5.89. The van der Waals surface area contributed by atoms with E-state index in [1.54, 1.807) is 0 Å². The molecular formula is C18H25ClN4O. The van der Waals surface area contributed by atoms with Crippen LogP contribution in [0.15, 0.2) is 30.6 Å². The molecule has 1 saturated heterocycles. The SMILES string of the molecule is Cc1cc(Cl)ccc1OCCN1CCN(CCc2cn[nH]c2)CC1. The highest BCUT2D eigenvalue weighted by Crippen LogP contribution is 2.21. The van der Waals surface area contributed by atoms with Crippen molar-refractivity contribution in [1.29, 1.82) is 0 Å². The van der Waals surface area contributed by atoms with Crippen molar-refractivity contribution in [3.8, 4) is 5.75 Å². The average molecular weight is 349 g/mol. The second kappa shape index (κ2) is 8.51. The summed E-state index contributed by atoms with van der Waals surface area (Å²) in [5.74, 6) is 0.929. The number of nitrogens with zero attached hydrogens (tertiary/aromatic N) is 3. The standard InChI is InChI=1S/C18H25ClN4O/c1-15-12-17(19)2-3-18(15)24-11-10-23-8-6-22(7-9-23)5-4-16-13-20-21-14-16/h2-3,12-14H,4-11H2,1H3,(H,20,21). The number of benzene rings is 1. The van der Waals surface area contributed by atoms with Gasteiger partial charge in [0.2, 0.25) is 0 Å². The van der Waals surface area contributed by atoms with Gasteiger partial charge in [0, 0.05) is 50.5 Å². The number of H-pyrrole nitrogens is 1. The van der Waals surface area contributed by atoms with Gasteiger partial charge < -0.3 is 9.64 Å². The first kappa shape index (κ1) is 17.3. The lowest BCUT2D eigenvalue weighted by atomic mass is 10.2. The summed E-state index contributed by atoms with van der Waals surface area (Å²) in [6, 6.07) is 5.77. The van der Waals surface area contributed by atoms with Crippen LogP contribution in [0.2, 0.25) is 5.02 Å².